The van der Waals surface area contributed by atoms with Gasteiger partial charge in [0.05, 0.1) is 5.52 Å². The van der Waals surface area contributed by atoms with E-state index < -0.39 is 0 Å². The lowest BCUT2D eigenvalue weighted by molar-refractivity contribution is -0.117. The molecule has 1 fully saturated rings. The molecule has 23 heavy (non-hydrogen) atoms. The lowest BCUT2D eigenvalue weighted by Crippen LogP contribution is -2.28. The monoisotopic (exact) mass is 335 g/mol. The molecule has 2 atom stereocenters. The summed E-state index contributed by atoms with van der Waals surface area (Å²) in [7, 11) is 0. The maximum absolute atomic E-state index is 12.2. The van der Waals surface area contributed by atoms with Crippen LogP contribution < -0.4 is 11.1 Å². The van der Waals surface area contributed by atoms with Crippen molar-refractivity contribution in [3.8, 4) is 0 Å². The number of benzene rings is 1. The van der Waals surface area contributed by atoms with E-state index in [4.69, 9.17) is 5.73 Å². The minimum Gasteiger partial charge on any atom is -0.347 e. The van der Waals surface area contributed by atoms with E-state index in [9.17, 15) is 4.79 Å². The Morgan fingerprint density at radius 3 is 2.87 bits per heavy atom. The molecule has 0 bridgehead atoms. The first-order chi connectivity index (χ1) is 10.7. The average Bonchev–Trinajstić information content (AvgIpc) is 3.07. The Morgan fingerprint density at radius 2 is 2.17 bits per heavy atom. The Labute approximate surface area is 143 Å². The van der Waals surface area contributed by atoms with Crippen molar-refractivity contribution in [1.82, 2.24) is 4.57 Å². The number of rotatable bonds is 5. The van der Waals surface area contributed by atoms with E-state index in [1.807, 2.05) is 6.07 Å². The molecule has 0 spiro atoms. The van der Waals surface area contributed by atoms with Gasteiger partial charge < -0.3 is 15.6 Å². The van der Waals surface area contributed by atoms with Gasteiger partial charge in [-0.15, -0.1) is 12.4 Å². The second-order valence-electron chi connectivity index (χ2n) is 6.39. The van der Waals surface area contributed by atoms with Gasteiger partial charge in [-0.1, -0.05) is 19.4 Å². The van der Waals surface area contributed by atoms with Gasteiger partial charge in [0.25, 0.3) is 0 Å². The largest absolute Gasteiger partial charge is 0.347 e. The molecule has 4 nitrogen and oxygen atoms in total. The Kier molecular flexibility index (Phi) is 6.08. The number of hydrogen-bond acceptors (Lipinski definition) is 2. The van der Waals surface area contributed by atoms with Crippen LogP contribution in [0.5, 0.6) is 0 Å². The Bertz CT molecular complexity index is 667. The number of hydrogen-bond donors (Lipinski definition) is 2. The highest BCUT2D eigenvalue weighted by Crippen LogP contribution is 2.27. The Hall–Kier alpha value is -1.52. The number of nitrogens with two attached hydrogens (primary N) is 1. The van der Waals surface area contributed by atoms with Crippen molar-refractivity contribution in [2.24, 2.45) is 11.7 Å². The van der Waals surface area contributed by atoms with Crippen LogP contribution >= 0.6 is 12.4 Å². The number of carbonyl (C=O) groups excluding carboxylic acids is 1. The van der Waals surface area contributed by atoms with E-state index >= 15 is 0 Å². The smallest absolute Gasteiger partial charge is 0.224 e. The highest BCUT2D eigenvalue weighted by atomic mass is 35.5. The van der Waals surface area contributed by atoms with Crippen LogP contribution in [0.25, 0.3) is 10.9 Å². The summed E-state index contributed by atoms with van der Waals surface area (Å²) in [6.07, 6.45) is 7.02. The third-order valence-electron chi connectivity index (χ3n) is 4.69. The second-order valence-corrected chi connectivity index (χ2v) is 6.39. The fourth-order valence-electron chi connectivity index (χ4n) is 3.47. The minimum absolute atomic E-state index is 0. The molecule has 1 saturated carbocycles. The fourth-order valence-corrected chi connectivity index (χ4v) is 3.47. The van der Waals surface area contributed by atoms with Gasteiger partial charge in [0, 0.05) is 30.9 Å². The second kappa shape index (κ2) is 7.84. The number of anilines is 1. The summed E-state index contributed by atoms with van der Waals surface area (Å²) < 4.78 is 2.23. The molecule has 1 aromatic carbocycles. The van der Waals surface area contributed by atoms with Crippen LogP contribution in [0.2, 0.25) is 0 Å². The maximum Gasteiger partial charge on any atom is 0.224 e. The predicted octanol–water partition coefficient (Wildman–Crippen LogP) is 3.93. The predicted molar refractivity (Wildman–Crippen MR) is 98.0 cm³/mol. The fraction of sp³-hybridized carbons (Fsp3) is 0.500. The number of aryl methyl sites for hydroxylation is 1. The Balaban J connectivity index is 0.00000192. The van der Waals surface area contributed by atoms with E-state index in [0.717, 1.165) is 37.9 Å². The first-order valence-corrected chi connectivity index (χ1v) is 8.31. The SMILES string of the molecule is CCCn1ccc2ccc(NC(=O)C[C@@H]3CCC[C@H]3N)cc21.Cl. The topological polar surface area (TPSA) is 60.0 Å². The third-order valence-corrected chi connectivity index (χ3v) is 4.69. The first kappa shape index (κ1) is 17.8. The van der Waals surface area contributed by atoms with Crippen LogP contribution in [-0.2, 0) is 11.3 Å². The van der Waals surface area contributed by atoms with Gasteiger partial charge in [0.15, 0.2) is 0 Å². The quantitative estimate of drug-likeness (QED) is 0.869. The molecule has 2 aromatic rings. The highest BCUT2D eigenvalue weighted by Gasteiger charge is 2.26. The molecule has 1 aliphatic rings. The summed E-state index contributed by atoms with van der Waals surface area (Å²) in [5, 5.41) is 4.25. The summed E-state index contributed by atoms with van der Waals surface area (Å²) in [6, 6.07) is 8.42. The van der Waals surface area contributed by atoms with Crippen LogP contribution in [0.15, 0.2) is 30.5 Å². The molecule has 0 aliphatic heterocycles. The molecule has 3 rings (SSSR count). The molecule has 0 saturated heterocycles. The zero-order chi connectivity index (χ0) is 15.5. The number of halogens is 1. The van der Waals surface area contributed by atoms with Gasteiger partial charge in [0.2, 0.25) is 5.91 Å². The van der Waals surface area contributed by atoms with Crippen molar-refractivity contribution in [1.29, 1.82) is 0 Å². The molecular weight excluding hydrogens is 310 g/mol. The van der Waals surface area contributed by atoms with Crippen molar-refractivity contribution >= 4 is 34.9 Å². The van der Waals surface area contributed by atoms with Crippen LogP contribution in [-0.4, -0.2) is 16.5 Å². The number of aromatic nitrogens is 1. The molecule has 1 aliphatic carbocycles. The van der Waals surface area contributed by atoms with Crippen LogP contribution in [0.4, 0.5) is 5.69 Å². The molecule has 5 heteroatoms. The van der Waals surface area contributed by atoms with Crippen molar-refractivity contribution in [3.63, 3.8) is 0 Å². The molecule has 0 radical (unpaired) electrons. The lowest BCUT2D eigenvalue weighted by Gasteiger charge is -2.15. The number of nitrogens with one attached hydrogen (secondary N) is 1. The van der Waals surface area contributed by atoms with Gasteiger partial charge in [-0.2, -0.15) is 0 Å². The molecule has 3 N–H and O–H groups in total. The summed E-state index contributed by atoms with van der Waals surface area (Å²) >= 11 is 0. The molecule has 126 valence electrons. The maximum atomic E-state index is 12.2. The van der Waals surface area contributed by atoms with E-state index in [-0.39, 0.29) is 24.4 Å². The van der Waals surface area contributed by atoms with Gasteiger partial charge in [-0.05, 0) is 48.8 Å². The van der Waals surface area contributed by atoms with Crippen molar-refractivity contribution in [2.45, 2.75) is 51.6 Å². The zero-order valence-electron chi connectivity index (χ0n) is 13.6. The van der Waals surface area contributed by atoms with Crippen LogP contribution in [0.1, 0.15) is 39.0 Å². The number of nitrogens with zero attached hydrogens (tertiary/aromatic N) is 1. The minimum atomic E-state index is 0. The highest BCUT2D eigenvalue weighted by molar-refractivity contribution is 5.94. The van der Waals surface area contributed by atoms with E-state index in [0.29, 0.717) is 12.3 Å². The summed E-state index contributed by atoms with van der Waals surface area (Å²) in [4.78, 5) is 12.2. The van der Waals surface area contributed by atoms with E-state index in [1.165, 1.54) is 10.9 Å². The van der Waals surface area contributed by atoms with Crippen LogP contribution in [0, 0.1) is 5.92 Å². The third kappa shape index (κ3) is 4.06. The average molecular weight is 336 g/mol. The van der Waals surface area contributed by atoms with Crippen molar-refractivity contribution in [2.75, 3.05) is 5.32 Å². The zero-order valence-corrected chi connectivity index (χ0v) is 14.4. The Morgan fingerprint density at radius 1 is 1.35 bits per heavy atom. The lowest BCUT2D eigenvalue weighted by atomic mass is 10.00. The van der Waals surface area contributed by atoms with Crippen molar-refractivity contribution in [3.05, 3.63) is 30.5 Å². The van der Waals surface area contributed by atoms with Crippen molar-refractivity contribution < 1.29 is 4.79 Å². The molecule has 1 aromatic heterocycles. The van der Waals surface area contributed by atoms with Gasteiger partial charge in [-0.25, -0.2) is 0 Å². The standard InChI is InChI=1S/C18H25N3O.ClH/c1-2-9-21-10-8-13-6-7-15(12-17(13)21)20-18(22)11-14-4-3-5-16(14)19;/h6-8,10,12,14,16H,2-5,9,11,19H2,1H3,(H,20,22);1H/t14-,16+;/m0./s1. The molecule has 1 heterocycles. The number of amides is 1. The normalized spacial score (nSPS) is 20.4. The number of fused-ring (bicyclic) bond motifs is 1. The van der Waals surface area contributed by atoms with E-state index in [1.54, 1.807) is 0 Å². The molecule has 1 amide bonds. The van der Waals surface area contributed by atoms with Crippen LogP contribution in [0.3, 0.4) is 0 Å². The summed E-state index contributed by atoms with van der Waals surface area (Å²) in [5.74, 6) is 0.419. The molecule has 0 unspecified atom stereocenters. The van der Waals surface area contributed by atoms with Gasteiger partial charge in [0.1, 0.15) is 0 Å². The summed E-state index contributed by atoms with van der Waals surface area (Å²) in [6.45, 7) is 3.17. The first-order valence-electron chi connectivity index (χ1n) is 8.31. The van der Waals surface area contributed by atoms with E-state index in [2.05, 4.69) is 41.2 Å². The summed E-state index contributed by atoms with van der Waals surface area (Å²) in [5.41, 5.74) is 8.10. The van der Waals surface area contributed by atoms with Gasteiger partial charge in [-0.3, -0.25) is 4.79 Å². The van der Waals surface area contributed by atoms with Gasteiger partial charge >= 0.3 is 0 Å². The number of carbonyl (C=O) groups is 1. The molecular formula is C18H26ClN3O.